The number of ether oxygens (including phenoxy) is 3. The molecule has 2 fully saturated rings. The lowest BCUT2D eigenvalue weighted by atomic mass is 10.0. The maximum Gasteiger partial charge on any atom is 0.453 e. The Hall–Kier alpha value is -3.82. The van der Waals surface area contributed by atoms with E-state index in [0.29, 0.717) is 82.3 Å². The lowest BCUT2D eigenvalue weighted by Crippen LogP contribution is -2.41. The van der Waals surface area contributed by atoms with Gasteiger partial charge in [0.1, 0.15) is 11.5 Å². The fourth-order valence-electron chi connectivity index (χ4n) is 6.26. The van der Waals surface area contributed by atoms with E-state index in [-0.39, 0.29) is 48.7 Å². The molecule has 316 valence electrons. The van der Waals surface area contributed by atoms with Gasteiger partial charge >= 0.3 is 13.6 Å². The topological polar surface area (TPSA) is 192 Å². The summed E-state index contributed by atoms with van der Waals surface area (Å²) in [6, 6.07) is 17.7. The van der Waals surface area contributed by atoms with E-state index in [9.17, 15) is 23.7 Å². The number of hydrogen-bond acceptors (Lipinski definition) is 11. The highest BCUT2D eigenvalue weighted by Gasteiger charge is 2.43. The fourth-order valence-corrected chi connectivity index (χ4v) is 9.93. The monoisotopic (exact) mass is 833 g/mol. The van der Waals surface area contributed by atoms with Crippen LogP contribution in [-0.2, 0) is 33.2 Å². The van der Waals surface area contributed by atoms with Gasteiger partial charge in [-0.3, -0.25) is 14.4 Å². The summed E-state index contributed by atoms with van der Waals surface area (Å²) in [6.07, 6.45) is 4.51. The second kappa shape index (κ2) is 25.5. The van der Waals surface area contributed by atoms with Gasteiger partial charge in [0.05, 0.1) is 38.5 Å². The molecule has 2 heterocycles. The van der Waals surface area contributed by atoms with Gasteiger partial charge < -0.3 is 49.8 Å². The average Bonchev–Trinajstić information content (AvgIpc) is 3.75. The molecular weight excluding hydrogens is 774 g/mol. The summed E-state index contributed by atoms with van der Waals surface area (Å²) in [6.45, 7) is 7.31. The number of fused-ring (bicyclic) bond motifs is 1. The van der Waals surface area contributed by atoms with Crippen LogP contribution in [0.2, 0.25) is 0 Å². The Morgan fingerprint density at radius 2 is 1.25 bits per heavy atom. The quantitative estimate of drug-likeness (QED) is 0.0421. The molecule has 2 aliphatic rings. The SMILES string of the molecule is CC(C)C(NC(=O)CCC(=O)NCCCOCCOCCOCCCNC(=O)CCCCC1SC[C@@H]2NC(=O)N[C@H]12)P(=O)(Oc1ccccc1)Oc1ccccc1. The van der Waals surface area contributed by atoms with E-state index >= 15 is 0 Å². The van der Waals surface area contributed by atoms with Gasteiger partial charge in [0.25, 0.3) is 0 Å². The van der Waals surface area contributed by atoms with Crippen LogP contribution in [0.4, 0.5) is 4.79 Å². The van der Waals surface area contributed by atoms with Gasteiger partial charge in [-0.15, -0.1) is 0 Å². The molecule has 17 heteroatoms. The van der Waals surface area contributed by atoms with Crippen molar-refractivity contribution in [2.75, 3.05) is 58.5 Å². The van der Waals surface area contributed by atoms with Crippen LogP contribution >= 0.6 is 19.4 Å². The van der Waals surface area contributed by atoms with Crippen molar-refractivity contribution in [1.29, 1.82) is 0 Å². The first-order valence-corrected chi connectivity index (χ1v) is 22.6. The van der Waals surface area contributed by atoms with E-state index in [1.165, 1.54) is 0 Å². The molecule has 0 radical (unpaired) electrons. The van der Waals surface area contributed by atoms with Gasteiger partial charge in [0, 0.05) is 56.6 Å². The smallest absolute Gasteiger partial charge is 0.415 e. The zero-order chi connectivity index (χ0) is 40.7. The minimum atomic E-state index is -3.97. The number of amides is 5. The first kappa shape index (κ1) is 45.9. The van der Waals surface area contributed by atoms with Crippen molar-refractivity contribution < 1.29 is 47.0 Å². The summed E-state index contributed by atoms with van der Waals surface area (Å²) in [7, 11) is -3.97. The zero-order valence-electron chi connectivity index (χ0n) is 33.1. The summed E-state index contributed by atoms with van der Waals surface area (Å²) in [4.78, 5) is 49.0. The molecule has 2 aromatic rings. The second-order valence-electron chi connectivity index (χ2n) is 14.2. The molecule has 0 aromatic heterocycles. The number of carbonyl (C=O) groups is 4. The lowest BCUT2D eigenvalue weighted by molar-refractivity contribution is -0.126. The van der Waals surface area contributed by atoms with E-state index in [1.54, 1.807) is 48.5 Å². The molecule has 0 saturated carbocycles. The number of para-hydroxylation sites is 2. The van der Waals surface area contributed by atoms with Crippen molar-refractivity contribution in [3.63, 3.8) is 0 Å². The highest BCUT2D eigenvalue weighted by molar-refractivity contribution is 8.00. The molecule has 4 atom stereocenters. The number of nitrogens with one attached hydrogen (secondary N) is 5. The summed E-state index contributed by atoms with van der Waals surface area (Å²) >= 11 is 1.89. The maximum absolute atomic E-state index is 14.2. The van der Waals surface area contributed by atoms with Crippen LogP contribution in [0.25, 0.3) is 0 Å². The third kappa shape index (κ3) is 17.3. The highest BCUT2D eigenvalue weighted by Crippen LogP contribution is 2.54. The van der Waals surface area contributed by atoms with Gasteiger partial charge in [-0.1, -0.05) is 56.7 Å². The summed E-state index contributed by atoms with van der Waals surface area (Å²) in [5.41, 5.74) is 0. The number of carbonyl (C=O) groups excluding carboxylic acids is 4. The van der Waals surface area contributed by atoms with Gasteiger partial charge in [-0.05, 0) is 55.9 Å². The number of urea groups is 1. The first-order valence-electron chi connectivity index (χ1n) is 20.0. The highest BCUT2D eigenvalue weighted by atomic mass is 32.2. The Balaban J connectivity index is 0.946. The van der Waals surface area contributed by atoms with Crippen molar-refractivity contribution >= 4 is 43.1 Å². The maximum atomic E-state index is 14.2. The van der Waals surface area contributed by atoms with Crippen LogP contribution in [-0.4, -0.2) is 105 Å². The second-order valence-corrected chi connectivity index (χ2v) is 17.5. The summed E-state index contributed by atoms with van der Waals surface area (Å²) < 4.78 is 42.8. The van der Waals surface area contributed by atoms with Crippen LogP contribution in [0, 0.1) is 5.92 Å². The van der Waals surface area contributed by atoms with E-state index in [0.717, 1.165) is 31.4 Å². The van der Waals surface area contributed by atoms with E-state index in [1.807, 2.05) is 37.7 Å². The minimum absolute atomic E-state index is 0.0330. The van der Waals surface area contributed by atoms with Crippen molar-refractivity contribution in [3.8, 4) is 11.5 Å². The lowest BCUT2D eigenvalue weighted by Gasteiger charge is -2.30. The number of benzene rings is 2. The molecule has 4 rings (SSSR count). The molecule has 15 nitrogen and oxygen atoms in total. The predicted octanol–water partition coefficient (Wildman–Crippen LogP) is 5.00. The molecule has 2 aliphatic heterocycles. The van der Waals surface area contributed by atoms with Gasteiger partial charge in [-0.2, -0.15) is 11.8 Å². The first-order chi connectivity index (χ1) is 27.6. The zero-order valence-corrected chi connectivity index (χ0v) is 34.8. The molecular formula is C40H60N5O10PS. The Kier molecular flexibility index (Phi) is 20.5. The van der Waals surface area contributed by atoms with Crippen molar-refractivity contribution in [2.45, 2.75) is 88.3 Å². The Morgan fingerprint density at radius 1 is 0.719 bits per heavy atom. The Labute approximate surface area is 340 Å². The van der Waals surface area contributed by atoms with E-state index < -0.39 is 19.3 Å². The normalized spacial score (nSPS) is 17.9. The molecule has 0 aliphatic carbocycles. The van der Waals surface area contributed by atoms with E-state index in [4.69, 9.17) is 23.3 Å². The largest absolute Gasteiger partial charge is 0.453 e. The van der Waals surface area contributed by atoms with Gasteiger partial charge in [0.15, 0.2) is 5.78 Å². The Morgan fingerprint density at radius 3 is 1.81 bits per heavy atom. The van der Waals surface area contributed by atoms with Crippen LogP contribution in [0.15, 0.2) is 60.7 Å². The summed E-state index contributed by atoms with van der Waals surface area (Å²) in [5.74, 6) is -0.285. The summed E-state index contributed by atoms with van der Waals surface area (Å²) in [5, 5.41) is 14.9. The van der Waals surface area contributed by atoms with Gasteiger partial charge in [0.2, 0.25) is 17.7 Å². The number of rotatable bonds is 29. The van der Waals surface area contributed by atoms with Crippen LogP contribution < -0.4 is 35.6 Å². The minimum Gasteiger partial charge on any atom is -0.415 e. The van der Waals surface area contributed by atoms with Crippen molar-refractivity contribution in [3.05, 3.63) is 60.7 Å². The molecule has 2 aromatic carbocycles. The fraction of sp³-hybridized carbons (Fsp3) is 0.600. The molecule has 57 heavy (non-hydrogen) atoms. The number of unbranched alkanes of at least 4 members (excludes halogenated alkanes) is 1. The molecule has 2 unspecified atom stereocenters. The molecule has 0 spiro atoms. The molecule has 5 N–H and O–H groups in total. The van der Waals surface area contributed by atoms with Crippen molar-refractivity contribution in [1.82, 2.24) is 26.6 Å². The standard InChI is InChI=1S/C40H60N5O10PS/c1-30(2)39(56(50,54-31-13-5-3-6-14-31)55-32-15-7-4-8-16-32)44-37(48)20-19-36(47)42-22-12-24-52-26-28-53-27-25-51-23-11-21-41-35(46)18-10-9-17-34-38-33(29-57-34)43-40(49)45-38/h3-8,13-16,30,33-34,38-39H,9-12,17-29H2,1-2H3,(H,41,46)(H,42,47)(H,44,48)(H2,43,45,49)/t33-,34?,38-,39?/m0/s1. The molecule has 5 amide bonds. The van der Waals surface area contributed by atoms with Crippen LogP contribution in [0.3, 0.4) is 0 Å². The molecule has 2 saturated heterocycles. The molecule has 0 bridgehead atoms. The van der Waals surface area contributed by atoms with Gasteiger partial charge in [-0.25, -0.2) is 9.36 Å². The number of thioether (sulfide) groups is 1. The van der Waals surface area contributed by atoms with Crippen LogP contribution in [0.5, 0.6) is 11.5 Å². The third-order valence-electron chi connectivity index (χ3n) is 9.21. The van der Waals surface area contributed by atoms with E-state index in [2.05, 4.69) is 26.6 Å². The third-order valence-corrected chi connectivity index (χ3v) is 13.1. The van der Waals surface area contributed by atoms with Crippen LogP contribution in [0.1, 0.15) is 65.2 Å². The van der Waals surface area contributed by atoms with Crippen molar-refractivity contribution in [2.24, 2.45) is 5.92 Å². The number of hydrogen-bond donors (Lipinski definition) is 5. The average molecular weight is 834 g/mol. The Bertz CT molecular complexity index is 1510. The predicted molar refractivity (Wildman–Crippen MR) is 219 cm³/mol.